The van der Waals surface area contributed by atoms with Gasteiger partial charge >= 0.3 is 0 Å². The molecule has 3 aromatic carbocycles. The number of hydrogen-bond donors (Lipinski definition) is 2. The average Bonchev–Trinajstić information content (AvgIpc) is 3.20. The van der Waals surface area contributed by atoms with E-state index in [9.17, 15) is 4.79 Å². The molecule has 8 heteroatoms. The third kappa shape index (κ3) is 4.89. The third-order valence-corrected chi connectivity index (χ3v) is 6.53. The van der Waals surface area contributed by atoms with Crippen LogP contribution in [0.4, 0.5) is 11.4 Å². The molecule has 164 valence electrons. The number of hydrogen-bond acceptors (Lipinski definition) is 5. The van der Waals surface area contributed by atoms with Crippen LogP contribution in [0, 0.1) is 0 Å². The van der Waals surface area contributed by atoms with Gasteiger partial charge in [0.25, 0.3) is 0 Å². The number of aromatic nitrogens is 3. The number of thioether (sulfide) groups is 1. The number of rotatable bonds is 8. The van der Waals surface area contributed by atoms with Crippen LogP contribution in [0.2, 0.25) is 5.02 Å². The largest absolute Gasteiger partial charge is 0.377 e. The first-order valence-electron chi connectivity index (χ1n) is 10.4. The van der Waals surface area contributed by atoms with Gasteiger partial charge in [-0.3, -0.25) is 4.79 Å². The van der Waals surface area contributed by atoms with Crippen molar-refractivity contribution in [3.05, 3.63) is 77.6 Å². The van der Waals surface area contributed by atoms with E-state index in [-0.39, 0.29) is 11.2 Å². The van der Waals surface area contributed by atoms with Crippen molar-refractivity contribution in [3.8, 4) is 0 Å². The zero-order valence-corrected chi connectivity index (χ0v) is 19.5. The van der Waals surface area contributed by atoms with E-state index in [0.29, 0.717) is 23.3 Å². The predicted molar refractivity (Wildman–Crippen MR) is 132 cm³/mol. The summed E-state index contributed by atoms with van der Waals surface area (Å²) in [5, 5.41) is 18.1. The predicted octanol–water partition coefficient (Wildman–Crippen LogP) is 5.84. The summed E-state index contributed by atoms with van der Waals surface area (Å²) in [5.74, 6) is 0.712. The fraction of sp³-hybridized carbons (Fsp3) is 0.208. The third-order valence-electron chi connectivity index (χ3n) is 5.12. The van der Waals surface area contributed by atoms with Gasteiger partial charge in [0.2, 0.25) is 5.91 Å². The summed E-state index contributed by atoms with van der Waals surface area (Å²) in [4.78, 5) is 12.9. The van der Waals surface area contributed by atoms with Gasteiger partial charge in [0.1, 0.15) is 0 Å². The molecule has 0 aliphatic rings. The Balaban J connectivity index is 1.44. The van der Waals surface area contributed by atoms with Gasteiger partial charge < -0.3 is 15.2 Å². The number of benzene rings is 3. The van der Waals surface area contributed by atoms with Crippen molar-refractivity contribution in [2.24, 2.45) is 0 Å². The molecular weight excluding hydrogens is 442 g/mol. The Labute approximate surface area is 196 Å². The lowest BCUT2D eigenvalue weighted by Gasteiger charge is -2.14. The molecule has 0 aliphatic heterocycles. The van der Waals surface area contributed by atoms with Crippen molar-refractivity contribution in [1.29, 1.82) is 0 Å². The van der Waals surface area contributed by atoms with Crippen LogP contribution in [0.1, 0.15) is 19.7 Å². The van der Waals surface area contributed by atoms with Crippen molar-refractivity contribution in [1.82, 2.24) is 14.8 Å². The first-order valence-corrected chi connectivity index (χ1v) is 11.7. The van der Waals surface area contributed by atoms with Crippen molar-refractivity contribution < 1.29 is 4.79 Å². The van der Waals surface area contributed by atoms with Gasteiger partial charge in [-0.05, 0) is 37.4 Å². The monoisotopic (exact) mass is 465 g/mol. The first-order chi connectivity index (χ1) is 15.6. The molecule has 6 nitrogen and oxygen atoms in total. The number of anilines is 2. The highest BCUT2D eigenvalue weighted by atomic mass is 35.5. The smallest absolute Gasteiger partial charge is 0.237 e. The van der Waals surface area contributed by atoms with Crippen molar-refractivity contribution >= 4 is 51.4 Å². The molecule has 0 spiro atoms. The minimum atomic E-state index is -0.340. The zero-order valence-electron chi connectivity index (χ0n) is 17.9. The summed E-state index contributed by atoms with van der Waals surface area (Å²) < 4.78 is 2.01. The Morgan fingerprint density at radius 2 is 1.75 bits per heavy atom. The van der Waals surface area contributed by atoms with E-state index in [0.717, 1.165) is 28.0 Å². The fourth-order valence-corrected chi connectivity index (χ4v) is 4.55. The average molecular weight is 466 g/mol. The SMILES string of the molecule is CCn1c(CNc2ccccc2Cl)nnc1S[C@H](C)C(=O)Nc1cccc2ccccc12. The highest BCUT2D eigenvalue weighted by Gasteiger charge is 2.20. The molecule has 32 heavy (non-hydrogen) atoms. The van der Waals surface area contributed by atoms with Crippen LogP contribution in [0.25, 0.3) is 10.8 Å². The molecule has 1 amide bonds. The van der Waals surface area contributed by atoms with Gasteiger partial charge in [0.15, 0.2) is 11.0 Å². The number of carbonyl (C=O) groups is 1. The van der Waals surface area contributed by atoms with E-state index in [4.69, 9.17) is 11.6 Å². The molecule has 0 unspecified atom stereocenters. The standard InChI is InChI=1S/C24H24ClN5OS/c1-3-30-22(15-26-21-13-7-6-12-19(21)25)28-29-24(30)32-16(2)23(31)27-20-14-8-10-17-9-4-5-11-18(17)20/h4-14,16,26H,3,15H2,1-2H3,(H,27,31)/t16-/m1/s1. The maximum absolute atomic E-state index is 12.9. The van der Waals surface area contributed by atoms with Crippen LogP contribution in [0.5, 0.6) is 0 Å². The van der Waals surface area contributed by atoms with Crippen molar-refractivity contribution in [2.45, 2.75) is 37.3 Å². The molecule has 4 rings (SSSR count). The normalized spacial score (nSPS) is 12.0. The molecule has 4 aromatic rings. The molecule has 0 aliphatic carbocycles. The molecule has 0 saturated heterocycles. The maximum Gasteiger partial charge on any atom is 0.237 e. The summed E-state index contributed by atoms with van der Waals surface area (Å²) in [7, 11) is 0. The maximum atomic E-state index is 12.9. The molecule has 0 fully saturated rings. The van der Waals surface area contributed by atoms with Gasteiger partial charge in [0, 0.05) is 17.6 Å². The van der Waals surface area contributed by atoms with E-state index < -0.39 is 0 Å². The van der Waals surface area contributed by atoms with Gasteiger partial charge in [-0.1, -0.05) is 71.9 Å². The summed E-state index contributed by atoms with van der Waals surface area (Å²) in [5.41, 5.74) is 1.65. The van der Waals surface area contributed by atoms with Crippen LogP contribution in [0.3, 0.4) is 0 Å². The topological polar surface area (TPSA) is 71.8 Å². The van der Waals surface area contributed by atoms with Crippen LogP contribution >= 0.6 is 23.4 Å². The van der Waals surface area contributed by atoms with Gasteiger partial charge in [-0.25, -0.2) is 0 Å². The molecular formula is C24H24ClN5OS. The van der Waals surface area contributed by atoms with E-state index in [1.807, 2.05) is 85.1 Å². The highest BCUT2D eigenvalue weighted by molar-refractivity contribution is 8.00. The summed E-state index contributed by atoms with van der Waals surface area (Å²) in [6.45, 7) is 5.10. The van der Waals surface area contributed by atoms with Gasteiger partial charge in [0.05, 0.1) is 22.5 Å². The Morgan fingerprint density at radius 3 is 2.56 bits per heavy atom. The van der Waals surface area contributed by atoms with Crippen LogP contribution in [0.15, 0.2) is 71.9 Å². The lowest BCUT2D eigenvalue weighted by Crippen LogP contribution is -2.23. The Hall–Kier alpha value is -3.03. The lowest BCUT2D eigenvalue weighted by molar-refractivity contribution is -0.115. The fourth-order valence-electron chi connectivity index (χ4n) is 3.41. The number of nitrogens with zero attached hydrogens (tertiary/aromatic N) is 3. The van der Waals surface area contributed by atoms with E-state index in [1.165, 1.54) is 11.8 Å². The van der Waals surface area contributed by atoms with Crippen molar-refractivity contribution in [2.75, 3.05) is 10.6 Å². The van der Waals surface area contributed by atoms with Gasteiger partial charge in [-0.2, -0.15) is 0 Å². The number of fused-ring (bicyclic) bond motifs is 1. The molecule has 0 radical (unpaired) electrons. The molecule has 1 heterocycles. The number of halogens is 1. The molecule has 1 atom stereocenters. The number of amides is 1. The van der Waals surface area contributed by atoms with Crippen LogP contribution in [-0.2, 0) is 17.9 Å². The van der Waals surface area contributed by atoms with E-state index in [1.54, 1.807) is 0 Å². The minimum Gasteiger partial charge on any atom is -0.377 e. The Morgan fingerprint density at radius 1 is 1.03 bits per heavy atom. The molecule has 2 N–H and O–H groups in total. The number of carbonyl (C=O) groups excluding carboxylic acids is 1. The molecule has 1 aromatic heterocycles. The minimum absolute atomic E-state index is 0.0762. The first kappa shape index (κ1) is 22.2. The quantitative estimate of drug-likeness (QED) is 0.320. The second-order valence-electron chi connectivity index (χ2n) is 7.25. The number of nitrogens with one attached hydrogen (secondary N) is 2. The second kappa shape index (κ2) is 10.1. The summed E-state index contributed by atoms with van der Waals surface area (Å²) in [6.07, 6.45) is 0. The summed E-state index contributed by atoms with van der Waals surface area (Å²) in [6, 6.07) is 21.5. The van der Waals surface area contributed by atoms with Crippen molar-refractivity contribution in [3.63, 3.8) is 0 Å². The lowest BCUT2D eigenvalue weighted by atomic mass is 10.1. The summed E-state index contributed by atoms with van der Waals surface area (Å²) >= 11 is 7.62. The number of para-hydroxylation sites is 1. The molecule has 0 saturated carbocycles. The van der Waals surface area contributed by atoms with E-state index in [2.05, 4.69) is 20.8 Å². The Kier molecular flexibility index (Phi) is 6.97. The highest BCUT2D eigenvalue weighted by Crippen LogP contribution is 2.27. The van der Waals surface area contributed by atoms with Gasteiger partial charge in [-0.15, -0.1) is 10.2 Å². The van der Waals surface area contributed by atoms with Crippen LogP contribution < -0.4 is 10.6 Å². The van der Waals surface area contributed by atoms with E-state index >= 15 is 0 Å². The Bertz CT molecular complexity index is 1240. The zero-order chi connectivity index (χ0) is 22.5. The second-order valence-corrected chi connectivity index (χ2v) is 8.97. The molecule has 0 bridgehead atoms. The van der Waals surface area contributed by atoms with Crippen LogP contribution in [-0.4, -0.2) is 25.9 Å².